The van der Waals surface area contributed by atoms with Crippen LogP contribution in [0.4, 0.5) is 0 Å². The molecule has 1 N–H and O–H groups in total. The summed E-state index contributed by atoms with van der Waals surface area (Å²) in [7, 11) is 3.69. The Balaban J connectivity index is 1.62. The maximum absolute atomic E-state index is 5.80. The molecule has 4 atom stereocenters. The minimum Gasteiger partial charge on any atom is -0.380 e. The van der Waals surface area contributed by atoms with E-state index in [9.17, 15) is 0 Å². The maximum Gasteiger partial charge on any atom is 0.0727 e. The lowest BCUT2D eigenvalue weighted by atomic mass is 9.80. The fourth-order valence-corrected chi connectivity index (χ4v) is 4.70. The van der Waals surface area contributed by atoms with Crippen LogP contribution in [0.15, 0.2) is 36.5 Å². The summed E-state index contributed by atoms with van der Waals surface area (Å²) in [5.74, 6) is 0. The molecule has 0 amide bonds. The Kier molecular flexibility index (Phi) is 4.88. The first-order chi connectivity index (χ1) is 12.3. The standard InChI is InChI=1S/C20H27N3O2/c1-24-18-10-8-17-19(25-2)11-9-16(18)23(17)13-15-12-21-22-20(15)14-6-4-3-5-7-14/h3-7,12,16-19H,8-11,13H2,1-2H3,(H,21,22). The van der Waals surface area contributed by atoms with E-state index in [1.165, 1.54) is 11.1 Å². The number of methoxy groups -OCH3 is 2. The van der Waals surface area contributed by atoms with Crippen molar-refractivity contribution in [3.05, 3.63) is 42.1 Å². The summed E-state index contributed by atoms with van der Waals surface area (Å²) in [5, 5.41) is 7.51. The number of rotatable bonds is 5. The monoisotopic (exact) mass is 341 g/mol. The zero-order valence-electron chi connectivity index (χ0n) is 15.0. The Morgan fingerprint density at radius 1 is 1.00 bits per heavy atom. The summed E-state index contributed by atoms with van der Waals surface area (Å²) in [4.78, 5) is 2.60. The van der Waals surface area contributed by atoms with Crippen LogP contribution in [0, 0.1) is 0 Å². The van der Waals surface area contributed by atoms with E-state index in [1.807, 2.05) is 26.5 Å². The molecule has 134 valence electrons. The van der Waals surface area contributed by atoms with Crippen molar-refractivity contribution >= 4 is 0 Å². The van der Waals surface area contributed by atoms with Crippen LogP contribution in [0.1, 0.15) is 31.2 Å². The number of ether oxygens (including phenoxy) is 2. The molecule has 0 radical (unpaired) electrons. The third-order valence-electron chi connectivity index (χ3n) is 5.94. The van der Waals surface area contributed by atoms with Crippen LogP contribution in [-0.4, -0.2) is 53.6 Å². The molecule has 0 spiro atoms. The van der Waals surface area contributed by atoms with Gasteiger partial charge >= 0.3 is 0 Å². The van der Waals surface area contributed by atoms with Gasteiger partial charge < -0.3 is 9.47 Å². The van der Waals surface area contributed by atoms with Crippen LogP contribution in [0.3, 0.4) is 0 Å². The number of H-pyrrole nitrogens is 1. The average molecular weight is 341 g/mol. The quantitative estimate of drug-likeness (QED) is 0.907. The molecule has 2 bridgehead atoms. The van der Waals surface area contributed by atoms with Crippen LogP contribution in [0.25, 0.3) is 11.3 Å². The van der Waals surface area contributed by atoms with E-state index in [0.717, 1.165) is 37.9 Å². The fraction of sp³-hybridized carbons (Fsp3) is 0.550. The van der Waals surface area contributed by atoms with Gasteiger partial charge in [-0.25, -0.2) is 0 Å². The Bertz CT molecular complexity index is 667. The Morgan fingerprint density at radius 3 is 2.24 bits per heavy atom. The molecule has 2 saturated heterocycles. The van der Waals surface area contributed by atoms with Crippen molar-refractivity contribution in [3.63, 3.8) is 0 Å². The second kappa shape index (κ2) is 7.28. The predicted octanol–water partition coefficient (Wildman–Crippen LogP) is 3.23. The van der Waals surface area contributed by atoms with Gasteiger partial charge in [0.05, 0.1) is 24.1 Å². The summed E-state index contributed by atoms with van der Waals surface area (Å²) in [6.07, 6.45) is 7.12. The number of nitrogens with zero attached hydrogens (tertiary/aromatic N) is 2. The summed E-state index contributed by atoms with van der Waals surface area (Å²) < 4.78 is 11.6. The number of hydrogen-bond donors (Lipinski definition) is 1. The molecule has 1 aromatic carbocycles. The van der Waals surface area contributed by atoms with Gasteiger partial charge in [0.1, 0.15) is 0 Å². The molecule has 4 rings (SSSR count). The van der Waals surface area contributed by atoms with E-state index in [-0.39, 0.29) is 0 Å². The predicted molar refractivity (Wildman–Crippen MR) is 97.2 cm³/mol. The van der Waals surface area contributed by atoms with Crippen LogP contribution in [0.2, 0.25) is 0 Å². The second-order valence-corrected chi connectivity index (χ2v) is 7.15. The minimum atomic E-state index is 0.320. The average Bonchev–Trinajstić information content (AvgIpc) is 3.11. The lowest BCUT2D eigenvalue weighted by molar-refractivity contribution is -0.121. The van der Waals surface area contributed by atoms with Gasteiger partial charge in [-0.2, -0.15) is 5.10 Å². The molecule has 25 heavy (non-hydrogen) atoms. The van der Waals surface area contributed by atoms with Gasteiger partial charge in [0.15, 0.2) is 0 Å². The largest absolute Gasteiger partial charge is 0.380 e. The normalized spacial score (nSPS) is 29.7. The highest BCUT2D eigenvalue weighted by Gasteiger charge is 2.44. The molecule has 5 nitrogen and oxygen atoms in total. The van der Waals surface area contributed by atoms with E-state index in [1.54, 1.807) is 0 Å². The topological polar surface area (TPSA) is 50.4 Å². The Labute approximate surface area is 149 Å². The van der Waals surface area contributed by atoms with Gasteiger partial charge in [-0.15, -0.1) is 0 Å². The molecule has 2 fully saturated rings. The Morgan fingerprint density at radius 2 is 1.64 bits per heavy atom. The lowest BCUT2D eigenvalue weighted by Gasteiger charge is -2.52. The summed E-state index contributed by atoms with van der Waals surface area (Å²) in [6, 6.07) is 11.4. The molecule has 0 aliphatic carbocycles. The van der Waals surface area contributed by atoms with Crippen molar-refractivity contribution in [1.29, 1.82) is 0 Å². The molecule has 5 heteroatoms. The first-order valence-corrected chi connectivity index (χ1v) is 9.20. The van der Waals surface area contributed by atoms with Crippen molar-refractivity contribution in [2.24, 2.45) is 0 Å². The number of hydrogen-bond acceptors (Lipinski definition) is 4. The van der Waals surface area contributed by atoms with Crippen LogP contribution < -0.4 is 0 Å². The molecule has 0 saturated carbocycles. The highest BCUT2D eigenvalue weighted by Crippen LogP contribution is 2.38. The van der Waals surface area contributed by atoms with Crippen LogP contribution >= 0.6 is 0 Å². The van der Waals surface area contributed by atoms with Gasteiger partial charge in [-0.3, -0.25) is 10.00 Å². The fourth-order valence-electron chi connectivity index (χ4n) is 4.70. The molecule has 3 heterocycles. The van der Waals surface area contributed by atoms with Crippen LogP contribution in [0.5, 0.6) is 0 Å². The smallest absolute Gasteiger partial charge is 0.0727 e. The van der Waals surface area contributed by atoms with Gasteiger partial charge in [0, 0.05) is 38.4 Å². The Hall–Kier alpha value is -1.69. The number of piperidine rings is 2. The number of benzene rings is 1. The third-order valence-corrected chi connectivity index (χ3v) is 5.94. The molecule has 1 aromatic heterocycles. The van der Waals surface area contributed by atoms with Crippen molar-refractivity contribution in [2.75, 3.05) is 14.2 Å². The van der Waals surface area contributed by atoms with E-state index in [2.05, 4.69) is 39.4 Å². The van der Waals surface area contributed by atoms with E-state index >= 15 is 0 Å². The highest BCUT2D eigenvalue weighted by atomic mass is 16.5. The van der Waals surface area contributed by atoms with E-state index in [0.29, 0.717) is 24.3 Å². The van der Waals surface area contributed by atoms with Crippen molar-refractivity contribution in [1.82, 2.24) is 15.1 Å². The molecular formula is C20H27N3O2. The lowest BCUT2D eigenvalue weighted by Crippen LogP contribution is -2.61. The maximum atomic E-state index is 5.80. The zero-order chi connectivity index (χ0) is 17.2. The second-order valence-electron chi connectivity index (χ2n) is 7.15. The minimum absolute atomic E-state index is 0.320. The highest BCUT2D eigenvalue weighted by molar-refractivity contribution is 5.62. The van der Waals surface area contributed by atoms with Gasteiger partial charge in [0.25, 0.3) is 0 Å². The zero-order valence-corrected chi connectivity index (χ0v) is 15.0. The van der Waals surface area contributed by atoms with E-state index < -0.39 is 0 Å². The van der Waals surface area contributed by atoms with Crippen molar-refractivity contribution in [2.45, 2.75) is 56.5 Å². The molecule has 2 aliphatic heterocycles. The SMILES string of the molecule is COC1CCC2C(OC)CCC1N2Cc1cn[nH]c1-c1ccccc1. The third kappa shape index (κ3) is 3.12. The van der Waals surface area contributed by atoms with E-state index in [4.69, 9.17) is 9.47 Å². The summed E-state index contributed by atoms with van der Waals surface area (Å²) >= 11 is 0. The molecule has 2 aromatic rings. The number of fused-ring (bicyclic) bond motifs is 2. The molecule has 4 unspecified atom stereocenters. The molecule has 2 aliphatic rings. The first-order valence-electron chi connectivity index (χ1n) is 9.20. The van der Waals surface area contributed by atoms with Crippen molar-refractivity contribution in [3.8, 4) is 11.3 Å². The summed E-state index contributed by atoms with van der Waals surface area (Å²) in [5.41, 5.74) is 3.55. The van der Waals surface area contributed by atoms with Crippen molar-refractivity contribution < 1.29 is 9.47 Å². The van der Waals surface area contributed by atoms with Gasteiger partial charge in [0.2, 0.25) is 0 Å². The van der Waals surface area contributed by atoms with Gasteiger partial charge in [-0.05, 0) is 31.2 Å². The first kappa shape index (κ1) is 16.8. The number of aromatic amines is 1. The molecular weight excluding hydrogens is 314 g/mol. The summed E-state index contributed by atoms with van der Waals surface area (Å²) in [6.45, 7) is 0.885. The van der Waals surface area contributed by atoms with Crippen LogP contribution in [-0.2, 0) is 16.0 Å². The number of aromatic nitrogens is 2. The van der Waals surface area contributed by atoms with Gasteiger partial charge in [-0.1, -0.05) is 30.3 Å². The number of nitrogens with one attached hydrogen (secondary N) is 1.